The molecule has 0 amide bonds. The third-order valence-corrected chi connectivity index (χ3v) is 24.9. The molecule has 0 N–H and O–H groups in total. The molecular weight excluding hydrogens is 505 g/mol. The van der Waals surface area contributed by atoms with Crippen molar-refractivity contribution in [2.45, 2.75) is 128 Å². The van der Waals surface area contributed by atoms with Crippen molar-refractivity contribution in [1.82, 2.24) is 0 Å². The maximum atomic E-state index is 6.14. The predicted molar refractivity (Wildman–Crippen MR) is 156 cm³/mol. The van der Waals surface area contributed by atoms with Crippen molar-refractivity contribution in [3.8, 4) is 0 Å². The minimum Gasteiger partial charge on any atom is -0.365 e. The SMILES string of the molecule is CCO[Si](OCC)(OCC)SSS[SH](C1CCCCCCCCCCC1)C1CC2CCC1C2. The highest BCUT2D eigenvalue weighted by molar-refractivity contribution is 9.31. The van der Waals surface area contributed by atoms with E-state index in [1.165, 1.54) is 96.3 Å². The van der Waals surface area contributed by atoms with E-state index < -0.39 is 7.95 Å². The molecule has 33 heavy (non-hydrogen) atoms. The molecule has 3 aliphatic carbocycles. The van der Waals surface area contributed by atoms with Crippen molar-refractivity contribution in [2.24, 2.45) is 11.8 Å². The van der Waals surface area contributed by atoms with Gasteiger partial charge in [0.15, 0.2) is 0 Å². The Labute approximate surface area is 219 Å². The van der Waals surface area contributed by atoms with Crippen LogP contribution in [0.15, 0.2) is 0 Å². The summed E-state index contributed by atoms with van der Waals surface area (Å²) >= 11 is 0. The van der Waals surface area contributed by atoms with E-state index in [-0.39, 0.29) is 9.93 Å². The summed E-state index contributed by atoms with van der Waals surface area (Å²) < 4.78 is 18.4. The fraction of sp³-hybridized carbons (Fsp3) is 1.00. The van der Waals surface area contributed by atoms with Gasteiger partial charge in [-0.2, -0.15) is 9.93 Å². The van der Waals surface area contributed by atoms with Crippen molar-refractivity contribution in [3.05, 3.63) is 0 Å². The highest BCUT2D eigenvalue weighted by atomic mass is 33.7. The van der Waals surface area contributed by atoms with Gasteiger partial charge in [-0.1, -0.05) is 64.2 Å². The summed E-state index contributed by atoms with van der Waals surface area (Å²) in [6, 6.07) is 0. The maximum absolute atomic E-state index is 6.14. The quantitative estimate of drug-likeness (QED) is 0.147. The fourth-order valence-corrected chi connectivity index (χ4v) is 27.2. The predicted octanol–water partition coefficient (Wildman–Crippen LogP) is 9.34. The molecule has 0 aromatic heterocycles. The van der Waals surface area contributed by atoms with Gasteiger partial charge >= 0.3 is 7.95 Å². The van der Waals surface area contributed by atoms with Crippen molar-refractivity contribution in [3.63, 3.8) is 0 Å². The zero-order valence-corrected chi connectivity index (χ0v) is 25.8. The summed E-state index contributed by atoms with van der Waals surface area (Å²) in [6.07, 6.45) is 22.2. The fourth-order valence-electron chi connectivity index (χ4n) is 6.13. The molecule has 0 aliphatic heterocycles. The van der Waals surface area contributed by atoms with Crippen LogP contribution in [0.5, 0.6) is 0 Å². The number of hydrogen-bond donors (Lipinski definition) is 1. The van der Waals surface area contributed by atoms with E-state index >= 15 is 0 Å². The van der Waals surface area contributed by atoms with Gasteiger partial charge in [-0.25, -0.2) is 0 Å². The van der Waals surface area contributed by atoms with E-state index in [1.807, 2.05) is 9.83 Å². The molecule has 3 saturated carbocycles. The van der Waals surface area contributed by atoms with E-state index in [2.05, 4.69) is 30.6 Å². The van der Waals surface area contributed by atoms with E-state index in [0.717, 1.165) is 22.3 Å². The highest BCUT2D eigenvalue weighted by Crippen LogP contribution is 2.67. The molecule has 3 fully saturated rings. The zero-order chi connectivity index (χ0) is 23.4. The van der Waals surface area contributed by atoms with E-state index in [4.69, 9.17) is 13.3 Å². The molecule has 4 unspecified atom stereocenters. The monoisotopic (exact) mass is 554 g/mol. The Morgan fingerprint density at radius 3 is 1.70 bits per heavy atom. The molecular formula is C25H50O3S4Si. The van der Waals surface area contributed by atoms with Gasteiger partial charge in [0, 0.05) is 19.8 Å². The van der Waals surface area contributed by atoms with Crippen LogP contribution in [0.25, 0.3) is 0 Å². The third kappa shape index (κ3) is 9.39. The lowest BCUT2D eigenvalue weighted by atomic mass is 10.00. The number of thiol groups is 1. The topological polar surface area (TPSA) is 27.7 Å². The second kappa shape index (κ2) is 16.4. The Morgan fingerprint density at radius 1 is 0.697 bits per heavy atom. The minimum absolute atomic E-state index is 0.0259. The van der Waals surface area contributed by atoms with Crippen molar-refractivity contribution < 1.29 is 13.3 Å². The average Bonchev–Trinajstić information content (AvgIpc) is 3.42. The Balaban J connectivity index is 1.66. The second-order valence-corrected chi connectivity index (χ2v) is 22.7. The van der Waals surface area contributed by atoms with Gasteiger partial charge < -0.3 is 13.3 Å². The van der Waals surface area contributed by atoms with E-state index in [9.17, 15) is 0 Å². The molecule has 8 heteroatoms. The number of fused-ring (bicyclic) bond motifs is 2. The van der Waals surface area contributed by atoms with E-state index in [0.29, 0.717) is 19.8 Å². The Kier molecular flexibility index (Phi) is 14.4. The minimum atomic E-state index is -2.64. The number of rotatable bonds is 12. The van der Waals surface area contributed by atoms with Crippen molar-refractivity contribution in [2.75, 3.05) is 19.8 Å². The van der Waals surface area contributed by atoms with Gasteiger partial charge in [-0.15, -0.1) is 0 Å². The van der Waals surface area contributed by atoms with Gasteiger partial charge in [0.05, 0.1) is 0 Å². The Morgan fingerprint density at radius 2 is 1.24 bits per heavy atom. The van der Waals surface area contributed by atoms with Gasteiger partial charge in [0.1, 0.15) is 0 Å². The first-order valence-electron chi connectivity index (χ1n) is 13.9. The van der Waals surface area contributed by atoms with Crippen LogP contribution >= 0.6 is 39.8 Å². The third-order valence-electron chi connectivity index (χ3n) is 7.68. The van der Waals surface area contributed by atoms with Crippen LogP contribution in [0.1, 0.15) is 117 Å². The average molecular weight is 555 g/mol. The lowest BCUT2D eigenvalue weighted by molar-refractivity contribution is 0.0971. The van der Waals surface area contributed by atoms with Crippen LogP contribution in [-0.4, -0.2) is 38.3 Å². The molecule has 0 aromatic carbocycles. The molecule has 0 aromatic rings. The molecule has 0 heterocycles. The summed E-state index contributed by atoms with van der Waals surface area (Å²) in [5.74, 6) is 2.06. The smallest absolute Gasteiger partial charge is 0.365 e. The summed E-state index contributed by atoms with van der Waals surface area (Å²) in [5.41, 5.74) is 0. The molecule has 3 aliphatic rings. The summed E-state index contributed by atoms with van der Waals surface area (Å²) in [4.78, 5) is 0. The summed E-state index contributed by atoms with van der Waals surface area (Å²) in [5, 5.41) is 1.95. The summed E-state index contributed by atoms with van der Waals surface area (Å²) in [6.45, 7) is 8.16. The Bertz CT molecular complexity index is 501. The molecule has 3 nitrogen and oxygen atoms in total. The van der Waals surface area contributed by atoms with Crippen LogP contribution in [0, 0.1) is 11.8 Å². The largest absolute Gasteiger partial charge is 0.585 e. The molecule has 0 radical (unpaired) electrons. The van der Waals surface area contributed by atoms with Crippen LogP contribution < -0.4 is 0 Å². The van der Waals surface area contributed by atoms with Crippen LogP contribution in [-0.2, 0) is 13.3 Å². The highest BCUT2D eigenvalue weighted by Gasteiger charge is 2.46. The lowest BCUT2D eigenvalue weighted by Crippen LogP contribution is -2.42. The van der Waals surface area contributed by atoms with Crippen LogP contribution in [0.3, 0.4) is 0 Å². The van der Waals surface area contributed by atoms with Crippen LogP contribution in [0.2, 0.25) is 0 Å². The van der Waals surface area contributed by atoms with Crippen molar-refractivity contribution in [1.29, 1.82) is 0 Å². The van der Waals surface area contributed by atoms with Crippen molar-refractivity contribution >= 4 is 47.8 Å². The first-order valence-corrected chi connectivity index (χ1v) is 22.0. The van der Waals surface area contributed by atoms with Gasteiger partial charge in [0.2, 0.25) is 0 Å². The molecule has 0 saturated heterocycles. The lowest BCUT2D eigenvalue weighted by Gasteiger charge is -2.39. The first kappa shape index (κ1) is 29.1. The van der Waals surface area contributed by atoms with Gasteiger partial charge in [0.25, 0.3) is 0 Å². The molecule has 3 rings (SSSR count). The van der Waals surface area contributed by atoms with E-state index in [1.54, 1.807) is 10.2 Å². The molecule has 2 bridgehead atoms. The standard InChI is InChI=1S/C25H50O3S4Si/c1-4-26-33(27-5-2,28-6-3)31-29-30-32(25-21-22-18-19-23(25)20-22)24-16-14-12-10-8-7-9-11-13-15-17-24/h22-25,32H,4-21H2,1-3H3. The normalized spacial score (nSPS) is 29.5. The van der Waals surface area contributed by atoms with Crippen LogP contribution in [0.4, 0.5) is 0 Å². The molecule has 4 atom stereocenters. The van der Waals surface area contributed by atoms with Gasteiger partial charge in [-0.05, 0) is 105 Å². The molecule has 0 spiro atoms. The first-order chi connectivity index (χ1) is 16.2. The maximum Gasteiger partial charge on any atom is 0.585 e. The second-order valence-electron chi connectivity index (χ2n) is 10.0. The van der Waals surface area contributed by atoms with Gasteiger partial charge in [-0.3, -0.25) is 0 Å². The number of hydrogen-bond acceptors (Lipinski definition) is 6. The zero-order valence-electron chi connectivity index (χ0n) is 21.4. The Hall–Kier alpha value is 1.50. The molecule has 196 valence electrons. The summed E-state index contributed by atoms with van der Waals surface area (Å²) in [7, 11) is 3.35.